The van der Waals surface area contributed by atoms with E-state index in [9.17, 15) is 18.3 Å². The zero-order valence-corrected chi connectivity index (χ0v) is 12.2. The zero-order chi connectivity index (χ0) is 16.2. The number of aromatic nitrogens is 1. The van der Waals surface area contributed by atoms with Crippen molar-refractivity contribution in [2.45, 2.75) is 38.2 Å². The molecular formula is C16H19F3N2O. The molecule has 0 unspecified atom stereocenters. The Bertz CT molecular complexity index is 564. The minimum Gasteiger partial charge on any atom is -0.387 e. The van der Waals surface area contributed by atoms with E-state index in [1.165, 1.54) is 12.1 Å². The summed E-state index contributed by atoms with van der Waals surface area (Å²) in [7, 11) is 0. The molecule has 0 aliphatic heterocycles. The lowest BCUT2D eigenvalue weighted by atomic mass is 9.99. The zero-order valence-electron chi connectivity index (χ0n) is 12.2. The molecule has 1 aromatic carbocycles. The first-order valence-electron chi connectivity index (χ1n) is 7.12. The molecule has 0 amide bonds. The van der Waals surface area contributed by atoms with Crippen molar-refractivity contribution in [1.29, 1.82) is 0 Å². The van der Waals surface area contributed by atoms with Crippen molar-refractivity contribution in [1.82, 2.24) is 10.3 Å². The molecule has 6 heteroatoms. The van der Waals surface area contributed by atoms with Crippen LogP contribution in [0, 0.1) is 0 Å². The van der Waals surface area contributed by atoms with Crippen LogP contribution in [0.25, 0.3) is 0 Å². The largest absolute Gasteiger partial charge is 0.416 e. The predicted octanol–water partition coefficient (Wildman–Crippen LogP) is 3.64. The molecule has 2 atom stereocenters. The highest BCUT2D eigenvalue weighted by molar-refractivity contribution is 5.26. The van der Waals surface area contributed by atoms with Gasteiger partial charge in [-0.3, -0.25) is 0 Å². The fraction of sp³-hybridized carbons (Fsp3) is 0.375. The van der Waals surface area contributed by atoms with Gasteiger partial charge in [0, 0.05) is 25.0 Å². The van der Waals surface area contributed by atoms with E-state index in [2.05, 4.69) is 10.3 Å². The Morgan fingerprint density at radius 3 is 2.36 bits per heavy atom. The molecule has 3 N–H and O–H groups in total. The summed E-state index contributed by atoms with van der Waals surface area (Å²) in [5.74, 6) is 0. The second kappa shape index (κ2) is 6.98. The Labute approximate surface area is 127 Å². The summed E-state index contributed by atoms with van der Waals surface area (Å²) in [4.78, 5) is 2.94. The van der Waals surface area contributed by atoms with Gasteiger partial charge in [-0.2, -0.15) is 13.2 Å². The van der Waals surface area contributed by atoms with Crippen LogP contribution in [0.4, 0.5) is 13.2 Å². The molecule has 0 saturated heterocycles. The standard InChI is InChI=1S/C16H19F3N2O/c1-2-14(21-10-11-7-8-20-9-11)15(22)12-3-5-13(6-4-12)16(17,18)19/h3-9,14-15,20-22H,2,10H2,1H3/t14-,15-/m1/s1. The quantitative estimate of drug-likeness (QED) is 0.763. The molecule has 2 aromatic rings. The highest BCUT2D eigenvalue weighted by atomic mass is 19.4. The number of hydrogen-bond donors (Lipinski definition) is 3. The first-order valence-corrected chi connectivity index (χ1v) is 7.12. The lowest BCUT2D eigenvalue weighted by Gasteiger charge is -2.23. The number of alkyl halides is 3. The number of nitrogens with one attached hydrogen (secondary N) is 2. The van der Waals surface area contributed by atoms with E-state index in [1.807, 2.05) is 25.4 Å². The smallest absolute Gasteiger partial charge is 0.387 e. The Morgan fingerprint density at radius 2 is 1.86 bits per heavy atom. The molecule has 0 fully saturated rings. The minimum atomic E-state index is -4.36. The van der Waals surface area contributed by atoms with E-state index < -0.39 is 17.8 Å². The van der Waals surface area contributed by atoms with E-state index in [0.29, 0.717) is 18.5 Å². The molecule has 2 rings (SSSR count). The third-order valence-electron chi connectivity index (χ3n) is 3.63. The Kier molecular flexibility index (Phi) is 5.26. The van der Waals surface area contributed by atoms with Crippen molar-refractivity contribution in [2.75, 3.05) is 0 Å². The first-order chi connectivity index (χ1) is 10.4. The van der Waals surface area contributed by atoms with Crippen molar-refractivity contribution in [3.63, 3.8) is 0 Å². The van der Waals surface area contributed by atoms with Crippen LogP contribution in [0.5, 0.6) is 0 Å². The van der Waals surface area contributed by atoms with E-state index in [0.717, 1.165) is 17.7 Å². The number of halogens is 3. The van der Waals surface area contributed by atoms with E-state index in [4.69, 9.17) is 0 Å². The normalized spacial score (nSPS) is 14.8. The summed E-state index contributed by atoms with van der Waals surface area (Å²) in [6, 6.07) is 6.34. The number of aromatic amines is 1. The number of rotatable bonds is 6. The fourth-order valence-electron chi connectivity index (χ4n) is 2.30. The van der Waals surface area contributed by atoms with Crippen molar-refractivity contribution < 1.29 is 18.3 Å². The number of benzene rings is 1. The molecule has 0 aliphatic rings. The topological polar surface area (TPSA) is 48.0 Å². The van der Waals surface area contributed by atoms with Crippen molar-refractivity contribution in [3.8, 4) is 0 Å². The predicted molar refractivity (Wildman–Crippen MR) is 78.1 cm³/mol. The maximum atomic E-state index is 12.5. The summed E-state index contributed by atoms with van der Waals surface area (Å²) in [5.41, 5.74) is 0.816. The highest BCUT2D eigenvalue weighted by Gasteiger charge is 2.30. The van der Waals surface area contributed by atoms with Crippen LogP contribution in [-0.2, 0) is 12.7 Å². The third kappa shape index (κ3) is 4.11. The van der Waals surface area contributed by atoms with Crippen LogP contribution >= 0.6 is 0 Å². The van der Waals surface area contributed by atoms with Gasteiger partial charge in [0.25, 0.3) is 0 Å². The maximum Gasteiger partial charge on any atom is 0.416 e. The lowest BCUT2D eigenvalue weighted by molar-refractivity contribution is -0.137. The maximum absolute atomic E-state index is 12.5. The van der Waals surface area contributed by atoms with Gasteiger partial charge in [-0.1, -0.05) is 19.1 Å². The average Bonchev–Trinajstić information content (AvgIpc) is 3.00. The Morgan fingerprint density at radius 1 is 1.18 bits per heavy atom. The van der Waals surface area contributed by atoms with Gasteiger partial charge in [-0.15, -0.1) is 0 Å². The summed E-state index contributed by atoms with van der Waals surface area (Å²) in [5, 5.41) is 13.6. The first kappa shape index (κ1) is 16.6. The van der Waals surface area contributed by atoms with Crippen LogP contribution < -0.4 is 5.32 Å². The summed E-state index contributed by atoms with van der Waals surface area (Å²) in [6.45, 7) is 2.50. The van der Waals surface area contributed by atoms with Gasteiger partial charge in [0.05, 0.1) is 11.7 Å². The summed E-state index contributed by atoms with van der Waals surface area (Å²) < 4.78 is 37.6. The van der Waals surface area contributed by atoms with Gasteiger partial charge in [-0.25, -0.2) is 0 Å². The second-order valence-electron chi connectivity index (χ2n) is 5.18. The monoisotopic (exact) mass is 312 g/mol. The molecule has 0 radical (unpaired) electrons. The van der Waals surface area contributed by atoms with E-state index in [1.54, 1.807) is 0 Å². The van der Waals surface area contributed by atoms with Gasteiger partial charge in [0.15, 0.2) is 0 Å². The fourth-order valence-corrected chi connectivity index (χ4v) is 2.30. The molecule has 1 heterocycles. The molecule has 120 valence electrons. The Hall–Kier alpha value is -1.79. The van der Waals surface area contributed by atoms with Gasteiger partial charge in [0.2, 0.25) is 0 Å². The average molecular weight is 312 g/mol. The molecule has 0 bridgehead atoms. The SMILES string of the molecule is CC[C@@H](NCc1cc[nH]c1)[C@H](O)c1ccc(C(F)(F)F)cc1. The van der Waals surface area contributed by atoms with Crippen LogP contribution in [0.15, 0.2) is 42.7 Å². The van der Waals surface area contributed by atoms with E-state index >= 15 is 0 Å². The van der Waals surface area contributed by atoms with Crippen LogP contribution in [0.2, 0.25) is 0 Å². The number of aliphatic hydroxyl groups excluding tert-OH is 1. The van der Waals surface area contributed by atoms with Gasteiger partial charge in [0.1, 0.15) is 0 Å². The molecular weight excluding hydrogens is 293 g/mol. The van der Waals surface area contributed by atoms with Gasteiger partial charge in [-0.05, 0) is 35.7 Å². The second-order valence-corrected chi connectivity index (χ2v) is 5.18. The number of aliphatic hydroxyl groups is 1. The molecule has 0 saturated carbocycles. The summed E-state index contributed by atoms with van der Waals surface area (Å²) >= 11 is 0. The molecule has 0 spiro atoms. The third-order valence-corrected chi connectivity index (χ3v) is 3.63. The molecule has 3 nitrogen and oxygen atoms in total. The number of H-pyrrole nitrogens is 1. The molecule has 1 aromatic heterocycles. The number of hydrogen-bond acceptors (Lipinski definition) is 2. The highest BCUT2D eigenvalue weighted by Crippen LogP contribution is 2.30. The Balaban J connectivity index is 2.02. The van der Waals surface area contributed by atoms with Crippen LogP contribution in [0.3, 0.4) is 0 Å². The molecule has 0 aliphatic carbocycles. The minimum absolute atomic E-state index is 0.230. The van der Waals surface area contributed by atoms with Crippen molar-refractivity contribution in [2.24, 2.45) is 0 Å². The van der Waals surface area contributed by atoms with Crippen molar-refractivity contribution in [3.05, 3.63) is 59.4 Å². The van der Waals surface area contributed by atoms with Gasteiger partial charge < -0.3 is 15.4 Å². The van der Waals surface area contributed by atoms with Crippen LogP contribution in [0.1, 0.15) is 36.1 Å². The lowest BCUT2D eigenvalue weighted by Crippen LogP contribution is -2.34. The van der Waals surface area contributed by atoms with Crippen molar-refractivity contribution >= 4 is 0 Å². The van der Waals surface area contributed by atoms with Crippen LogP contribution in [-0.4, -0.2) is 16.1 Å². The van der Waals surface area contributed by atoms with E-state index in [-0.39, 0.29) is 6.04 Å². The van der Waals surface area contributed by atoms with Gasteiger partial charge >= 0.3 is 6.18 Å². The summed E-state index contributed by atoms with van der Waals surface area (Å²) in [6.07, 6.45) is -0.896. The molecule has 22 heavy (non-hydrogen) atoms.